The minimum absolute atomic E-state index is 0.0101. The summed E-state index contributed by atoms with van der Waals surface area (Å²) in [7, 11) is 1.38. The van der Waals surface area contributed by atoms with Gasteiger partial charge in [0.2, 0.25) is 5.91 Å². The highest BCUT2D eigenvalue weighted by Gasteiger charge is 2.28. The fraction of sp³-hybridized carbons (Fsp3) is 0.857. The lowest BCUT2D eigenvalue weighted by Gasteiger charge is -2.18. The predicted octanol–water partition coefficient (Wildman–Crippen LogP) is 6.11. The summed E-state index contributed by atoms with van der Waals surface area (Å²) in [5.41, 5.74) is -1.01. The van der Waals surface area contributed by atoms with Crippen molar-refractivity contribution in [2.45, 2.75) is 135 Å². The fourth-order valence-electron chi connectivity index (χ4n) is 4.13. The Balaban J connectivity index is 4.26. The molecule has 1 amide bonds. The fourth-order valence-corrected chi connectivity index (χ4v) is 5.17. The molecule has 8 heteroatoms. The van der Waals surface area contributed by atoms with Gasteiger partial charge in [-0.05, 0) is 33.5 Å². The zero-order valence-corrected chi connectivity index (χ0v) is 24.4. The van der Waals surface area contributed by atoms with Crippen molar-refractivity contribution < 1.29 is 24.1 Å². The van der Waals surface area contributed by atoms with E-state index in [9.17, 15) is 24.1 Å². The van der Waals surface area contributed by atoms with Crippen molar-refractivity contribution in [2.75, 3.05) is 20.6 Å². The van der Waals surface area contributed by atoms with Gasteiger partial charge in [-0.3, -0.25) is 19.2 Å². The van der Waals surface area contributed by atoms with Crippen LogP contribution < -0.4 is 5.32 Å². The Morgan fingerprint density at radius 3 is 1.75 bits per heavy atom. The van der Waals surface area contributed by atoms with Crippen LogP contribution in [0.15, 0.2) is 0 Å². The molecular weight excluding hydrogens is 475 g/mol. The molecule has 0 aromatic heterocycles. The summed E-state index contributed by atoms with van der Waals surface area (Å²) in [6, 6.07) is -0.665. The van der Waals surface area contributed by atoms with Crippen LogP contribution in [0.3, 0.4) is 0 Å². The van der Waals surface area contributed by atoms with Gasteiger partial charge in [0, 0.05) is 38.1 Å². The second-order valence-corrected chi connectivity index (χ2v) is 11.8. The van der Waals surface area contributed by atoms with Crippen LogP contribution in [0.2, 0.25) is 0 Å². The summed E-state index contributed by atoms with van der Waals surface area (Å²) in [6.45, 7) is 4.64. The number of unbranched alkanes of at least 4 members (excludes halogenated alkanes) is 11. The third-order valence-electron chi connectivity index (χ3n) is 6.36. The molecule has 0 saturated heterocycles. The van der Waals surface area contributed by atoms with Crippen LogP contribution in [0.1, 0.15) is 129 Å². The molecule has 0 aromatic carbocycles. The van der Waals surface area contributed by atoms with Crippen LogP contribution in [0, 0.1) is 0 Å². The molecule has 2 N–H and O–H groups in total. The van der Waals surface area contributed by atoms with E-state index in [1.165, 1.54) is 57.8 Å². The minimum Gasteiger partial charge on any atom is -0.360 e. The number of nitrogens with one attached hydrogen (secondary N) is 1. The molecule has 36 heavy (non-hydrogen) atoms. The molecule has 2 atom stereocenters. The van der Waals surface area contributed by atoms with E-state index < -0.39 is 25.2 Å². The molecule has 0 aliphatic heterocycles. The maximum Gasteiger partial charge on any atom is 0.219 e. The summed E-state index contributed by atoms with van der Waals surface area (Å²) >= 11 is 0. The van der Waals surface area contributed by atoms with Gasteiger partial charge in [-0.15, -0.1) is 0 Å². The van der Waals surface area contributed by atoms with Crippen molar-refractivity contribution in [1.82, 2.24) is 10.2 Å². The zero-order chi connectivity index (χ0) is 27.2. The van der Waals surface area contributed by atoms with E-state index in [-0.39, 0.29) is 37.4 Å². The third kappa shape index (κ3) is 20.0. The van der Waals surface area contributed by atoms with E-state index in [0.29, 0.717) is 19.4 Å². The zero-order valence-electron chi connectivity index (χ0n) is 23.5. The second-order valence-electron chi connectivity index (χ2n) is 10.2. The lowest BCUT2D eigenvalue weighted by molar-refractivity contribution is -0.123. The summed E-state index contributed by atoms with van der Waals surface area (Å²) in [5.74, 6) is -0.235. The maximum atomic E-state index is 12.5. The molecule has 0 spiro atoms. The maximum absolute atomic E-state index is 12.5. The Hall–Kier alpha value is -1.17. The van der Waals surface area contributed by atoms with Gasteiger partial charge in [0.1, 0.15) is 5.78 Å². The smallest absolute Gasteiger partial charge is 0.219 e. The highest BCUT2D eigenvalue weighted by atomic mass is 31.1. The van der Waals surface area contributed by atoms with E-state index in [1.807, 2.05) is 19.0 Å². The van der Waals surface area contributed by atoms with Crippen molar-refractivity contribution in [1.29, 1.82) is 0 Å². The number of ketones is 1. The van der Waals surface area contributed by atoms with Crippen LogP contribution in [-0.4, -0.2) is 59.2 Å². The molecule has 0 aromatic rings. The molecule has 2 unspecified atom stereocenters. The SMILES string of the molecule is CCCCCCCCCCCCCCC(=O)CC(CC(=O)P(O)C(=O)CCCN(C)C)NC(=O)CC. The number of hydrogen-bond donors (Lipinski definition) is 2. The first kappa shape index (κ1) is 34.8. The monoisotopic (exact) mass is 528 g/mol. The highest BCUT2D eigenvalue weighted by Crippen LogP contribution is 2.36. The predicted molar refractivity (Wildman–Crippen MR) is 149 cm³/mol. The lowest BCUT2D eigenvalue weighted by atomic mass is 10.0. The molecule has 0 bridgehead atoms. The first-order chi connectivity index (χ1) is 17.2. The Kier molecular flexibility index (Phi) is 22.2. The largest absolute Gasteiger partial charge is 0.360 e. The molecule has 0 aliphatic carbocycles. The van der Waals surface area contributed by atoms with Crippen LogP contribution >= 0.6 is 8.15 Å². The van der Waals surface area contributed by atoms with Gasteiger partial charge >= 0.3 is 0 Å². The van der Waals surface area contributed by atoms with Crippen molar-refractivity contribution in [3.05, 3.63) is 0 Å². The quantitative estimate of drug-likeness (QED) is 0.110. The average Bonchev–Trinajstić information content (AvgIpc) is 2.83. The number of carbonyl (C=O) groups excluding carboxylic acids is 4. The van der Waals surface area contributed by atoms with Crippen molar-refractivity contribution in [2.24, 2.45) is 0 Å². The molecule has 210 valence electrons. The van der Waals surface area contributed by atoms with Gasteiger partial charge in [-0.2, -0.15) is 0 Å². The van der Waals surface area contributed by atoms with Crippen molar-refractivity contribution in [3.63, 3.8) is 0 Å². The van der Waals surface area contributed by atoms with Gasteiger partial charge in [0.25, 0.3) is 0 Å². The Labute approximate surface area is 221 Å². The number of carbonyl (C=O) groups is 4. The van der Waals surface area contributed by atoms with E-state index in [0.717, 1.165) is 19.3 Å². The van der Waals surface area contributed by atoms with E-state index in [1.54, 1.807) is 6.92 Å². The topological polar surface area (TPSA) is 104 Å². The Morgan fingerprint density at radius 2 is 1.25 bits per heavy atom. The van der Waals surface area contributed by atoms with Gasteiger partial charge in [-0.25, -0.2) is 0 Å². The minimum atomic E-state index is -2.41. The van der Waals surface area contributed by atoms with E-state index >= 15 is 0 Å². The lowest BCUT2D eigenvalue weighted by Crippen LogP contribution is -2.37. The Bertz CT molecular complexity index is 627. The van der Waals surface area contributed by atoms with E-state index in [2.05, 4.69) is 12.2 Å². The van der Waals surface area contributed by atoms with Gasteiger partial charge < -0.3 is 15.1 Å². The number of rotatable bonds is 25. The summed E-state index contributed by atoms with van der Waals surface area (Å²) in [6.07, 6.45) is 16.0. The van der Waals surface area contributed by atoms with Crippen LogP contribution in [0.5, 0.6) is 0 Å². The molecule has 0 rings (SSSR count). The number of amides is 1. The summed E-state index contributed by atoms with van der Waals surface area (Å²) in [5, 5.41) is 2.73. The number of hydrogen-bond acceptors (Lipinski definition) is 6. The standard InChI is InChI=1S/C28H53N2O5P/c1-5-7-8-9-10-11-12-13-14-15-16-17-19-25(31)22-24(29-26(32)6-2)23-28(34)36(35)27(33)20-18-21-30(3)4/h24,35H,5-23H2,1-4H3,(H,29,32). The molecule has 0 radical (unpaired) electrons. The molecule has 7 nitrogen and oxygen atoms in total. The molecule has 0 aliphatic rings. The van der Waals surface area contributed by atoms with Crippen molar-refractivity contribution in [3.8, 4) is 0 Å². The van der Waals surface area contributed by atoms with Gasteiger partial charge in [0.15, 0.2) is 19.2 Å². The van der Waals surface area contributed by atoms with Gasteiger partial charge in [0.05, 0.1) is 0 Å². The first-order valence-electron chi connectivity index (χ1n) is 14.2. The summed E-state index contributed by atoms with van der Waals surface area (Å²) < 4.78 is 0. The van der Waals surface area contributed by atoms with Gasteiger partial charge in [-0.1, -0.05) is 84.5 Å². The first-order valence-corrected chi connectivity index (χ1v) is 15.5. The number of nitrogens with zero attached hydrogens (tertiary/aromatic N) is 1. The Morgan fingerprint density at radius 1 is 0.722 bits per heavy atom. The molecule has 0 saturated carbocycles. The highest BCUT2D eigenvalue weighted by molar-refractivity contribution is 7.84. The van der Waals surface area contributed by atoms with E-state index in [4.69, 9.17) is 0 Å². The second kappa shape index (κ2) is 23.0. The molecular formula is C28H53N2O5P. The average molecular weight is 529 g/mol. The third-order valence-corrected chi connectivity index (χ3v) is 7.71. The molecule has 0 fully saturated rings. The number of Topliss-reactive ketones (excluding diaryl/α,β-unsaturated/α-hetero) is 1. The van der Waals surface area contributed by atoms with Crippen molar-refractivity contribution >= 4 is 30.9 Å². The summed E-state index contributed by atoms with van der Waals surface area (Å²) in [4.78, 5) is 61.2. The van der Waals surface area contributed by atoms with Crippen LogP contribution in [0.4, 0.5) is 0 Å². The normalized spacial score (nSPS) is 12.9. The van der Waals surface area contributed by atoms with Crippen LogP contribution in [-0.2, 0) is 19.2 Å². The van der Waals surface area contributed by atoms with Crippen LogP contribution in [0.25, 0.3) is 0 Å². The molecule has 0 heterocycles.